The number of carbonyl (C=O) groups is 2. The molecule has 0 spiro atoms. The zero-order valence-corrected chi connectivity index (χ0v) is 19.7. The van der Waals surface area contributed by atoms with Gasteiger partial charge in [-0.25, -0.2) is 4.79 Å². The van der Waals surface area contributed by atoms with Crippen LogP contribution in [-0.4, -0.2) is 56.2 Å². The van der Waals surface area contributed by atoms with Crippen molar-refractivity contribution < 1.29 is 19.4 Å². The molecule has 1 aliphatic heterocycles. The van der Waals surface area contributed by atoms with E-state index in [1.807, 2.05) is 12.1 Å². The molecule has 1 aliphatic rings. The molecule has 2 atom stereocenters. The Morgan fingerprint density at radius 2 is 1.77 bits per heavy atom. The first-order chi connectivity index (χ1) is 14.7. The highest BCUT2D eigenvalue weighted by molar-refractivity contribution is 6.88. The Bertz CT molecular complexity index is 907. The van der Waals surface area contributed by atoms with Gasteiger partial charge in [-0.1, -0.05) is 61.2 Å². The van der Waals surface area contributed by atoms with Gasteiger partial charge in [0, 0.05) is 19.5 Å². The highest BCUT2D eigenvalue weighted by Crippen LogP contribution is 2.21. The van der Waals surface area contributed by atoms with Crippen molar-refractivity contribution in [2.24, 2.45) is 0 Å². The van der Waals surface area contributed by atoms with E-state index in [1.165, 1.54) is 5.19 Å². The van der Waals surface area contributed by atoms with Gasteiger partial charge < -0.3 is 20.1 Å². The Morgan fingerprint density at radius 3 is 2.29 bits per heavy atom. The minimum Gasteiger partial charge on any atom is -0.497 e. The molecule has 2 N–H and O–H groups in total. The number of hydrogen-bond acceptors (Lipinski definition) is 4. The number of rotatable bonds is 7. The van der Waals surface area contributed by atoms with Gasteiger partial charge in [0.2, 0.25) is 0 Å². The molecular formula is C24H32N2O4Si. The molecule has 0 bridgehead atoms. The molecule has 166 valence electrons. The summed E-state index contributed by atoms with van der Waals surface area (Å²) in [7, 11) is 0.183. The van der Waals surface area contributed by atoms with Gasteiger partial charge in [0.05, 0.1) is 21.3 Å². The van der Waals surface area contributed by atoms with Crippen LogP contribution in [0.2, 0.25) is 19.6 Å². The maximum absolute atomic E-state index is 13.3. The second kappa shape index (κ2) is 9.66. The molecule has 1 heterocycles. The van der Waals surface area contributed by atoms with Crippen LogP contribution in [-0.2, 0) is 11.2 Å². The lowest BCUT2D eigenvalue weighted by molar-refractivity contribution is -0.120. The van der Waals surface area contributed by atoms with Crippen LogP contribution >= 0.6 is 0 Å². The van der Waals surface area contributed by atoms with Crippen molar-refractivity contribution in [3.8, 4) is 5.75 Å². The summed E-state index contributed by atoms with van der Waals surface area (Å²) in [5.41, 5.74) is 1.63. The third-order valence-corrected chi connectivity index (χ3v) is 7.75. The van der Waals surface area contributed by atoms with Crippen molar-refractivity contribution in [3.63, 3.8) is 0 Å². The van der Waals surface area contributed by atoms with E-state index in [4.69, 9.17) is 4.74 Å². The smallest absolute Gasteiger partial charge is 0.318 e. The number of likely N-dealkylation sites (tertiary alicyclic amines) is 1. The molecule has 1 saturated heterocycles. The molecule has 0 aliphatic carbocycles. The number of carbonyl (C=O) groups excluding carboxylic acids is 2. The topological polar surface area (TPSA) is 78.9 Å². The molecule has 0 radical (unpaired) electrons. The number of nitrogens with zero attached hydrogens (tertiary/aromatic N) is 1. The minimum absolute atomic E-state index is 0.0842. The van der Waals surface area contributed by atoms with Crippen molar-refractivity contribution in [3.05, 3.63) is 59.7 Å². The fourth-order valence-electron chi connectivity index (χ4n) is 3.71. The van der Waals surface area contributed by atoms with Crippen molar-refractivity contribution in [1.82, 2.24) is 10.2 Å². The summed E-state index contributed by atoms with van der Waals surface area (Å²) in [6.45, 7) is 7.63. The van der Waals surface area contributed by atoms with Gasteiger partial charge in [-0.2, -0.15) is 0 Å². The van der Waals surface area contributed by atoms with Gasteiger partial charge >= 0.3 is 6.03 Å². The number of urea groups is 1. The van der Waals surface area contributed by atoms with Crippen molar-refractivity contribution in [2.75, 3.05) is 20.2 Å². The summed E-state index contributed by atoms with van der Waals surface area (Å²) in [6, 6.07) is 14.3. The predicted molar refractivity (Wildman–Crippen MR) is 125 cm³/mol. The summed E-state index contributed by atoms with van der Waals surface area (Å²) in [5.74, 6) is 0.602. The third kappa shape index (κ3) is 5.95. The molecule has 2 aromatic carbocycles. The van der Waals surface area contributed by atoms with Gasteiger partial charge in [0.15, 0.2) is 5.78 Å². The number of β-amino-alcohol motifs (C(OH)–C–C–N with tert-alkyl or cyclic N) is 1. The van der Waals surface area contributed by atoms with Gasteiger partial charge in [0.25, 0.3) is 0 Å². The van der Waals surface area contributed by atoms with Gasteiger partial charge in [-0.15, -0.1) is 0 Å². The average Bonchev–Trinajstić information content (AvgIpc) is 3.18. The number of Topliss-reactive ketones (excluding diaryl/α,β-unsaturated/α-hetero) is 1. The maximum atomic E-state index is 13.3. The summed E-state index contributed by atoms with van der Waals surface area (Å²) < 4.78 is 5.21. The lowest BCUT2D eigenvalue weighted by atomic mass is 9.97. The summed E-state index contributed by atoms with van der Waals surface area (Å²) >= 11 is 0. The van der Waals surface area contributed by atoms with Crippen LogP contribution in [0.4, 0.5) is 4.79 Å². The van der Waals surface area contributed by atoms with Crippen LogP contribution in [0.3, 0.4) is 0 Å². The Balaban J connectivity index is 1.78. The molecule has 1 fully saturated rings. The number of ketones is 1. The second-order valence-electron chi connectivity index (χ2n) is 9.13. The highest BCUT2D eigenvalue weighted by atomic mass is 28.3. The number of methoxy groups -OCH3 is 1. The van der Waals surface area contributed by atoms with Crippen LogP contribution in [0, 0.1) is 0 Å². The van der Waals surface area contributed by atoms with Crippen LogP contribution in [0.25, 0.3) is 0 Å². The molecule has 0 unspecified atom stereocenters. The zero-order valence-electron chi connectivity index (χ0n) is 18.7. The number of ether oxygens (including phenoxy) is 1. The van der Waals surface area contributed by atoms with E-state index in [2.05, 4.69) is 37.1 Å². The summed E-state index contributed by atoms with van der Waals surface area (Å²) in [5, 5.41) is 14.0. The largest absolute Gasteiger partial charge is 0.497 e. The fraction of sp³-hybridized carbons (Fsp3) is 0.417. The van der Waals surface area contributed by atoms with Gasteiger partial charge in [-0.05, 0) is 29.7 Å². The van der Waals surface area contributed by atoms with E-state index < -0.39 is 20.2 Å². The van der Waals surface area contributed by atoms with E-state index in [0.717, 1.165) is 5.56 Å². The molecular weight excluding hydrogens is 408 g/mol. The summed E-state index contributed by atoms with van der Waals surface area (Å²) in [6.07, 6.45) is 0.273. The molecule has 3 rings (SSSR count). The first-order valence-corrected chi connectivity index (χ1v) is 14.2. The molecule has 2 aromatic rings. The van der Waals surface area contributed by atoms with Crippen molar-refractivity contribution >= 4 is 25.1 Å². The van der Waals surface area contributed by atoms with Crippen LogP contribution in [0.15, 0.2) is 48.5 Å². The standard InChI is InChI=1S/C24H32N2O4Si/c1-30-20-9-7-18(8-10-20)23(25-24(29)26-14-13-19(27)16-26)22(28)15-17-5-11-21(12-6-17)31(2,3)4/h5-12,19,23,27H,13-16H2,1-4H3,(H,25,29)/t19-,23+/m0/s1. The number of hydrogen-bond donors (Lipinski definition) is 2. The monoisotopic (exact) mass is 440 g/mol. The first kappa shape index (κ1) is 23.0. The quantitative estimate of drug-likeness (QED) is 0.649. The van der Waals surface area contributed by atoms with Gasteiger partial charge in [-0.3, -0.25) is 4.79 Å². The van der Waals surface area contributed by atoms with Crippen LogP contribution in [0.1, 0.15) is 23.6 Å². The molecule has 7 heteroatoms. The summed E-state index contributed by atoms with van der Waals surface area (Å²) in [4.78, 5) is 27.6. The Kier molecular flexibility index (Phi) is 7.18. The van der Waals surface area contributed by atoms with Crippen LogP contribution in [0.5, 0.6) is 5.75 Å². The van der Waals surface area contributed by atoms with E-state index in [0.29, 0.717) is 24.3 Å². The first-order valence-electron chi connectivity index (χ1n) is 10.7. The lowest BCUT2D eigenvalue weighted by Crippen LogP contribution is -2.43. The SMILES string of the molecule is COc1ccc([C@@H](NC(=O)N2CC[C@H](O)C2)C(=O)Cc2ccc([Si](C)(C)C)cc2)cc1. The molecule has 31 heavy (non-hydrogen) atoms. The Morgan fingerprint density at radius 1 is 1.13 bits per heavy atom. The normalized spacial score (nSPS) is 17.3. The highest BCUT2D eigenvalue weighted by Gasteiger charge is 2.29. The van der Waals surface area contributed by atoms with E-state index >= 15 is 0 Å². The Hall–Kier alpha value is -2.64. The molecule has 0 aromatic heterocycles. The number of benzene rings is 2. The number of amides is 2. The average molecular weight is 441 g/mol. The number of aliphatic hydroxyl groups excluding tert-OH is 1. The van der Waals surface area contributed by atoms with Crippen molar-refractivity contribution in [1.29, 1.82) is 0 Å². The predicted octanol–water partition coefficient (Wildman–Crippen LogP) is 2.87. The van der Waals surface area contributed by atoms with Crippen molar-refractivity contribution in [2.45, 2.75) is 44.6 Å². The molecule has 6 nitrogen and oxygen atoms in total. The minimum atomic E-state index is -1.40. The zero-order chi connectivity index (χ0) is 22.6. The number of aliphatic hydroxyl groups is 1. The molecule has 0 saturated carbocycles. The fourth-order valence-corrected chi connectivity index (χ4v) is 4.88. The lowest BCUT2D eigenvalue weighted by Gasteiger charge is -2.23. The Labute approximate surface area is 185 Å². The number of nitrogens with one attached hydrogen (secondary N) is 1. The third-order valence-electron chi connectivity index (χ3n) is 5.69. The van der Waals surface area contributed by atoms with E-state index in [9.17, 15) is 14.7 Å². The van der Waals surface area contributed by atoms with Crippen LogP contribution < -0.4 is 15.2 Å². The second-order valence-corrected chi connectivity index (χ2v) is 14.2. The van der Waals surface area contributed by atoms with E-state index in [-0.39, 0.29) is 24.8 Å². The maximum Gasteiger partial charge on any atom is 0.318 e. The van der Waals surface area contributed by atoms with E-state index in [1.54, 1.807) is 36.3 Å². The van der Waals surface area contributed by atoms with Gasteiger partial charge in [0.1, 0.15) is 11.8 Å². The molecule has 2 amide bonds.